The van der Waals surface area contributed by atoms with Crippen LogP contribution in [0.4, 0.5) is 0 Å². The maximum absolute atomic E-state index is 13.4. The number of aryl methyl sites for hydroxylation is 1. The van der Waals surface area contributed by atoms with Gasteiger partial charge < -0.3 is 15.2 Å². The molecule has 0 aliphatic rings. The van der Waals surface area contributed by atoms with E-state index in [0.29, 0.717) is 17.9 Å². The minimum absolute atomic E-state index is 0.278. The summed E-state index contributed by atoms with van der Waals surface area (Å²) in [7, 11) is 0. The average Bonchev–Trinajstić information content (AvgIpc) is 2.83. The molecule has 3 rings (SSSR count). The van der Waals surface area contributed by atoms with Crippen molar-refractivity contribution in [2.45, 2.75) is 55.1 Å². The number of nitrogens with zero attached hydrogens (tertiary/aromatic N) is 1. The molecule has 0 aliphatic heterocycles. The number of hydrogen-bond donors (Lipinski definition) is 3. The van der Waals surface area contributed by atoms with Crippen LogP contribution in [0.5, 0.6) is 11.5 Å². The third-order valence-corrected chi connectivity index (χ3v) is 6.68. The van der Waals surface area contributed by atoms with Crippen molar-refractivity contribution in [1.29, 1.82) is 0 Å². The zero-order valence-electron chi connectivity index (χ0n) is 21.5. The molecule has 7 nitrogen and oxygen atoms in total. The van der Waals surface area contributed by atoms with Gasteiger partial charge >= 0.3 is 5.97 Å². The number of carbonyl (C=O) groups excluding carboxylic acids is 1. The molecule has 0 radical (unpaired) electrons. The minimum atomic E-state index is -0.402. The SMILES string of the molecule is Cc1cc(OCc2ccccc2)c(C)c(C)c1C(=O)Oc1c(C)c(C)c(/C(N)=N/NN)c(C)c1C. The minimum Gasteiger partial charge on any atom is -0.489 e. The van der Waals surface area contributed by atoms with E-state index in [0.717, 1.165) is 55.8 Å². The molecule has 184 valence electrons. The van der Waals surface area contributed by atoms with Gasteiger partial charge in [0.25, 0.3) is 0 Å². The Balaban J connectivity index is 1.94. The summed E-state index contributed by atoms with van der Waals surface area (Å²) in [5.74, 6) is 6.47. The molecule has 0 bridgehead atoms. The number of benzene rings is 3. The van der Waals surface area contributed by atoms with Gasteiger partial charge in [0.2, 0.25) is 0 Å². The molecule has 0 spiro atoms. The van der Waals surface area contributed by atoms with E-state index in [1.807, 2.05) is 84.9 Å². The summed E-state index contributed by atoms with van der Waals surface area (Å²) in [6.45, 7) is 13.9. The number of nitrogens with two attached hydrogens (primary N) is 2. The van der Waals surface area contributed by atoms with Crippen molar-refractivity contribution in [2.75, 3.05) is 0 Å². The van der Waals surface area contributed by atoms with Crippen LogP contribution in [-0.2, 0) is 6.61 Å². The number of amidine groups is 1. The van der Waals surface area contributed by atoms with Gasteiger partial charge in [-0.15, -0.1) is 5.10 Å². The molecule has 7 heteroatoms. The quantitative estimate of drug-likeness (QED) is 0.114. The number of carbonyl (C=O) groups is 1. The normalized spacial score (nSPS) is 11.4. The highest BCUT2D eigenvalue weighted by atomic mass is 16.5. The zero-order valence-corrected chi connectivity index (χ0v) is 21.5. The Labute approximate surface area is 207 Å². The van der Waals surface area contributed by atoms with Crippen molar-refractivity contribution in [2.24, 2.45) is 16.7 Å². The largest absolute Gasteiger partial charge is 0.489 e. The van der Waals surface area contributed by atoms with Gasteiger partial charge in [0.1, 0.15) is 18.1 Å². The first-order valence-corrected chi connectivity index (χ1v) is 11.5. The molecule has 0 amide bonds. The van der Waals surface area contributed by atoms with Crippen LogP contribution in [0.2, 0.25) is 0 Å². The Hall–Kier alpha value is -3.84. The number of hydrazine groups is 1. The maximum Gasteiger partial charge on any atom is 0.344 e. The standard InChI is InChI=1S/C28H34N4O3/c1-15-13-23(34-14-22-11-9-8-10-12-22)16(2)17(3)24(15)28(33)35-26-20(6)18(4)25(19(5)21(26)7)27(29)31-32-30/h8-13,32H,14,30H2,1-7H3,(H2,29,31). The van der Waals surface area contributed by atoms with Crippen molar-refractivity contribution in [3.8, 4) is 11.5 Å². The lowest BCUT2D eigenvalue weighted by Gasteiger charge is -2.21. The van der Waals surface area contributed by atoms with Crippen LogP contribution in [0.1, 0.15) is 60.4 Å². The fraction of sp³-hybridized carbons (Fsp3) is 0.286. The predicted octanol–water partition coefficient (Wildman–Crippen LogP) is 4.73. The van der Waals surface area contributed by atoms with Gasteiger partial charge in [0, 0.05) is 5.56 Å². The Morgan fingerprint density at radius 2 is 1.43 bits per heavy atom. The van der Waals surface area contributed by atoms with Crippen molar-refractivity contribution >= 4 is 11.8 Å². The van der Waals surface area contributed by atoms with Crippen molar-refractivity contribution < 1.29 is 14.3 Å². The molecule has 0 saturated carbocycles. The lowest BCUT2D eigenvalue weighted by atomic mass is 9.92. The molecule has 0 atom stereocenters. The molecule has 0 fully saturated rings. The number of nitrogens with one attached hydrogen (secondary N) is 1. The number of rotatable bonds is 7. The van der Waals surface area contributed by atoms with Crippen LogP contribution >= 0.6 is 0 Å². The first-order chi connectivity index (χ1) is 16.6. The molecular formula is C28H34N4O3. The zero-order chi connectivity index (χ0) is 25.9. The second-order valence-corrected chi connectivity index (χ2v) is 8.81. The lowest BCUT2D eigenvalue weighted by molar-refractivity contribution is 0.0730. The van der Waals surface area contributed by atoms with Crippen molar-refractivity contribution in [3.05, 3.63) is 92.0 Å². The molecule has 5 N–H and O–H groups in total. The van der Waals surface area contributed by atoms with E-state index < -0.39 is 5.97 Å². The van der Waals surface area contributed by atoms with Gasteiger partial charge in [0.15, 0.2) is 5.84 Å². The van der Waals surface area contributed by atoms with Gasteiger partial charge in [0.05, 0.1) is 5.56 Å². The van der Waals surface area contributed by atoms with Gasteiger partial charge in [-0.2, -0.15) is 0 Å². The van der Waals surface area contributed by atoms with E-state index in [4.69, 9.17) is 21.1 Å². The molecule has 3 aromatic carbocycles. The molecule has 0 saturated heterocycles. The first kappa shape index (κ1) is 25.8. The van der Waals surface area contributed by atoms with Crippen LogP contribution in [0.3, 0.4) is 0 Å². The number of hydrogen-bond acceptors (Lipinski definition) is 6. The lowest BCUT2D eigenvalue weighted by Crippen LogP contribution is -2.25. The van der Waals surface area contributed by atoms with E-state index >= 15 is 0 Å². The Morgan fingerprint density at radius 1 is 0.857 bits per heavy atom. The van der Waals surface area contributed by atoms with Crippen LogP contribution in [0.15, 0.2) is 41.5 Å². The smallest absolute Gasteiger partial charge is 0.344 e. The number of esters is 1. The molecule has 35 heavy (non-hydrogen) atoms. The fourth-order valence-electron chi connectivity index (χ4n) is 4.33. The summed E-state index contributed by atoms with van der Waals surface area (Å²) in [4.78, 5) is 13.4. The predicted molar refractivity (Wildman–Crippen MR) is 140 cm³/mol. The first-order valence-electron chi connectivity index (χ1n) is 11.5. The second kappa shape index (κ2) is 10.6. The Morgan fingerprint density at radius 3 is 2.00 bits per heavy atom. The average molecular weight is 475 g/mol. The second-order valence-electron chi connectivity index (χ2n) is 8.81. The molecule has 3 aromatic rings. The number of hydrazone groups is 1. The third kappa shape index (κ3) is 5.15. The monoisotopic (exact) mass is 474 g/mol. The summed E-state index contributed by atoms with van der Waals surface area (Å²) in [5.41, 5.74) is 16.7. The molecule has 0 aliphatic carbocycles. The summed E-state index contributed by atoms with van der Waals surface area (Å²) in [6.07, 6.45) is 0. The van der Waals surface area contributed by atoms with Crippen LogP contribution in [-0.4, -0.2) is 11.8 Å². The summed E-state index contributed by atoms with van der Waals surface area (Å²) in [6, 6.07) is 11.9. The van der Waals surface area contributed by atoms with E-state index in [1.54, 1.807) is 0 Å². The maximum atomic E-state index is 13.4. The molecule has 0 heterocycles. The van der Waals surface area contributed by atoms with Gasteiger partial charge in [-0.3, -0.25) is 0 Å². The highest BCUT2D eigenvalue weighted by Gasteiger charge is 2.24. The molecular weight excluding hydrogens is 440 g/mol. The summed E-state index contributed by atoms with van der Waals surface area (Å²) < 4.78 is 12.1. The number of ether oxygens (including phenoxy) is 2. The van der Waals surface area contributed by atoms with Crippen molar-refractivity contribution in [1.82, 2.24) is 5.53 Å². The van der Waals surface area contributed by atoms with Gasteiger partial charge in [-0.05, 0) is 99.0 Å². The van der Waals surface area contributed by atoms with Gasteiger partial charge in [-0.1, -0.05) is 30.3 Å². The molecule has 0 aromatic heterocycles. The Kier molecular flexibility index (Phi) is 7.82. The van der Waals surface area contributed by atoms with Gasteiger partial charge in [-0.25, -0.2) is 16.2 Å². The highest BCUT2D eigenvalue weighted by molar-refractivity contribution is 6.01. The van der Waals surface area contributed by atoms with Crippen molar-refractivity contribution in [3.63, 3.8) is 0 Å². The van der Waals surface area contributed by atoms with E-state index in [2.05, 4.69) is 10.6 Å². The van der Waals surface area contributed by atoms with Crippen LogP contribution in [0.25, 0.3) is 0 Å². The van der Waals surface area contributed by atoms with E-state index in [1.165, 1.54) is 0 Å². The molecule has 0 unspecified atom stereocenters. The summed E-state index contributed by atoms with van der Waals surface area (Å²) >= 11 is 0. The summed E-state index contributed by atoms with van der Waals surface area (Å²) in [5, 5.41) is 3.92. The highest BCUT2D eigenvalue weighted by Crippen LogP contribution is 2.35. The third-order valence-electron chi connectivity index (χ3n) is 6.68. The van der Waals surface area contributed by atoms with E-state index in [-0.39, 0.29) is 5.84 Å². The topological polar surface area (TPSA) is 112 Å². The Bertz CT molecular complexity index is 1270. The fourth-order valence-corrected chi connectivity index (χ4v) is 4.33. The van der Waals surface area contributed by atoms with Crippen LogP contribution < -0.4 is 26.6 Å². The van der Waals surface area contributed by atoms with Crippen LogP contribution in [0, 0.1) is 48.5 Å². The van der Waals surface area contributed by atoms with E-state index in [9.17, 15) is 4.79 Å².